The SMILES string of the molecule is COc1cc([N+](=O)[O-])ccc1NC(=O)COC(=O)c1ccc(NC(=O)C2CC2)cc1. The van der Waals surface area contributed by atoms with Crippen molar-refractivity contribution in [3.8, 4) is 5.75 Å². The Morgan fingerprint density at radius 3 is 2.40 bits per heavy atom. The average Bonchev–Trinajstić information content (AvgIpc) is 3.58. The molecule has 1 saturated carbocycles. The van der Waals surface area contributed by atoms with Crippen LogP contribution in [-0.2, 0) is 14.3 Å². The van der Waals surface area contributed by atoms with Crippen molar-refractivity contribution in [1.82, 2.24) is 0 Å². The lowest BCUT2D eigenvalue weighted by Gasteiger charge is -2.10. The van der Waals surface area contributed by atoms with E-state index in [1.165, 1.54) is 37.4 Å². The standard InChI is InChI=1S/C20H19N3O7/c1-29-17-10-15(23(27)28)8-9-16(17)22-18(24)11-30-20(26)13-4-6-14(7-5-13)21-19(25)12-2-3-12/h4-10,12H,2-3,11H2,1H3,(H,21,25)(H,22,24). The molecule has 30 heavy (non-hydrogen) atoms. The Morgan fingerprint density at radius 1 is 1.10 bits per heavy atom. The molecule has 1 aliphatic carbocycles. The number of benzene rings is 2. The van der Waals surface area contributed by atoms with E-state index in [-0.39, 0.29) is 34.5 Å². The molecule has 0 aliphatic heterocycles. The largest absolute Gasteiger partial charge is 0.494 e. The number of non-ortho nitro benzene ring substituents is 1. The molecule has 2 aromatic carbocycles. The van der Waals surface area contributed by atoms with Crippen LogP contribution in [0.15, 0.2) is 42.5 Å². The second-order valence-corrected chi connectivity index (χ2v) is 6.61. The smallest absolute Gasteiger partial charge is 0.338 e. The fourth-order valence-electron chi connectivity index (χ4n) is 2.58. The zero-order valence-electron chi connectivity index (χ0n) is 16.0. The summed E-state index contributed by atoms with van der Waals surface area (Å²) in [5.41, 5.74) is 0.819. The third-order valence-electron chi connectivity index (χ3n) is 4.34. The predicted octanol–water partition coefficient (Wildman–Crippen LogP) is 2.75. The molecular formula is C20H19N3O7. The first-order chi connectivity index (χ1) is 14.4. The molecule has 0 spiro atoms. The molecule has 0 unspecified atom stereocenters. The van der Waals surface area contributed by atoms with E-state index < -0.39 is 23.4 Å². The third-order valence-corrected chi connectivity index (χ3v) is 4.34. The van der Waals surface area contributed by atoms with E-state index in [2.05, 4.69) is 10.6 Å². The molecule has 1 fully saturated rings. The number of carbonyl (C=O) groups excluding carboxylic acids is 3. The Morgan fingerprint density at radius 2 is 1.80 bits per heavy atom. The summed E-state index contributed by atoms with van der Waals surface area (Å²) in [6.07, 6.45) is 1.79. The highest BCUT2D eigenvalue weighted by atomic mass is 16.6. The summed E-state index contributed by atoms with van der Waals surface area (Å²) in [4.78, 5) is 46.1. The van der Waals surface area contributed by atoms with E-state index in [0.29, 0.717) is 5.69 Å². The molecule has 3 rings (SSSR count). The molecule has 0 heterocycles. The topological polar surface area (TPSA) is 137 Å². The normalized spacial score (nSPS) is 12.6. The van der Waals surface area contributed by atoms with Crippen molar-refractivity contribution in [3.05, 3.63) is 58.1 Å². The number of amides is 2. The Labute approximate surface area is 171 Å². The van der Waals surface area contributed by atoms with Crippen LogP contribution in [0.25, 0.3) is 0 Å². The number of hydrogen-bond acceptors (Lipinski definition) is 7. The summed E-state index contributed by atoms with van der Waals surface area (Å²) in [6, 6.07) is 9.85. The molecule has 10 nitrogen and oxygen atoms in total. The van der Waals surface area contributed by atoms with Gasteiger partial charge in [-0.25, -0.2) is 4.79 Å². The van der Waals surface area contributed by atoms with E-state index >= 15 is 0 Å². The van der Waals surface area contributed by atoms with Crippen LogP contribution in [0.2, 0.25) is 0 Å². The van der Waals surface area contributed by atoms with Crippen LogP contribution in [0.4, 0.5) is 17.1 Å². The maximum absolute atomic E-state index is 12.1. The fourth-order valence-corrected chi connectivity index (χ4v) is 2.58. The lowest BCUT2D eigenvalue weighted by molar-refractivity contribution is -0.384. The Bertz CT molecular complexity index is 984. The summed E-state index contributed by atoms with van der Waals surface area (Å²) < 4.78 is 10.0. The number of carbonyl (C=O) groups is 3. The third kappa shape index (κ3) is 5.31. The molecule has 156 valence electrons. The quantitative estimate of drug-likeness (QED) is 0.386. The minimum atomic E-state index is -0.708. The van der Waals surface area contributed by atoms with Gasteiger partial charge in [-0.2, -0.15) is 0 Å². The average molecular weight is 413 g/mol. The number of ether oxygens (including phenoxy) is 2. The van der Waals surface area contributed by atoms with Crippen molar-refractivity contribution in [2.45, 2.75) is 12.8 Å². The van der Waals surface area contributed by atoms with E-state index in [1.54, 1.807) is 12.1 Å². The lowest BCUT2D eigenvalue weighted by atomic mass is 10.2. The van der Waals surface area contributed by atoms with Crippen molar-refractivity contribution in [2.75, 3.05) is 24.4 Å². The van der Waals surface area contributed by atoms with Gasteiger partial charge in [0.15, 0.2) is 6.61 Å². The minimum absolute atomic E-state index is 0.0383. The molecule has 1 aliphatic rings. The molecule has 0 bridgehead atoms. The van der Waals surface area contributed by atoms with Crippen LogP contribution >= 0.6 is 0 Å². The number of rotatable bonds is 8. The fraction of sp³-hybridized carbons (Fsp3) is 0.250. The molecule has 2 aromatic rings. The highest BCUT2D eigenvalue weighted by molar-refractivity contribution is 5.97. The Balaban J connectivity index is 1.52. The summed E-state index contributed by atoms with van der Waals surface area (Å²) >= 11 is 0. The molecule has 0 aromatic heterocycles. The predicted molar refractivity (Wildman–Crippen MR) is 106 cm³/mol. The number of hydrogen-bond donors (Lipinski definition) is 2. The van der Waals surface area contributed by atoms with E-state index in [1.807, 2.05) is 0 Å². The Kier molecular flexibility index (Phi) is 6.26. The van der Waals surface area contributed by atoms with Gasteiger partial charge in [-0.05, 0) is 43.2 Å². The maximum atomic E-state index is 12.1. The van der Waals surface area contributed by atoms with Crippen molar-refractivity contribution in [1.29, 1.82) is 0 Å². The minimum Gasteiger partial charge on any atom is -0.494 e. The molecule has 2 amide bonds. The van der Waals surface area contributed by atoms with Gasteiger partial charge in [0.2, 0.25) is 5.91 Å². The second-order valence-electron chi connectivity index (χ2n) is 6.61. The number of nitro benzene ring substituents is 1. The number of nitro groups is 1. The van der Waals surface area contributed by atoms with Gasteiger partial charge in [0.05, 0.1) is 29.4 Å². The highest BCUT2D eigenvalue weighted by Gasteiger charge is 2.29. The van der Waals surface area contributed by atoms with Crippen molar-refractivity contribution in [2.24, 2.45) is 5.92 Å². The number of anilines is 2. The summed E-state index contributed by atoms with van der Waals surface area (Å²) in [6.45, 7) is -0.556. The van der Waals surface area contributed by atoms with Gasteiger partial charge in [0, 0.05) is 17.7 Å². The number of esters is 1. The van der Waals surface area contributed by atoms with Gasteiger partial charge >= 0.3 is 5.97 Å². The first kappa shape index (κ1) is 20.8. The van der Waals surface area contributed by atoms with Gasteiger partial charge in [-0.3, -0.25) is 19.7 Å². The molecular weight excluding hydrogens is 394 g/mol. The number of nitrogens with one attached hydrogen (secondary N) is 2. The van der Waals surface area contributed by atoms with E-state index in [9.17, 15) is 24.5 Å². The van der Waals surface area contributed by atoms with Crippen molar-refractivity contribution >= 4 is 34.8 Å². The van der Waals surface area contributed by atoms with Crippen LogP contribution in [-0.4, -0.2) is 36.4 Å². The van der Waals surface area contributed by atoms with Gasteiger partial charge in [0.25, 0.3) is 11.6 Å². The lowest BCUT2D eigenvalue weighted by Crippen LogP contribution is -2.21. The van der Waals surface area contributed by atoms with Crippen LogP contribution in [0.1, 0.15) is 23.2 Å². The van der Waals surface area contributed by atoms with Crippen LogP contribution < -0.4 is 15.4 Å². The summed E-state index contributed by atoms with van der Waals surface area (Å²) in [5, 5.41) is 16.0. The molecule has 0 atom stereocenters. The first-order valence-electron chi connectivity index (χ1n) is 9.07. The second kappa shape index (κ2) is 9.03. The number of methoxy groups -OCH3 is 1. The van der Waals surface area contributed by atoms with Gasteiger partial charge < -0.3 is 20.1 Å². The zero-order valence-corrected chi connectivity index (χ0v) is 16.0. The van der Waals surface area contributed by atoms with Gasteiger partial charge in [-0.1, -0.05) is 0 Å². The van der Waals surface area contributed by atoms with Crippen LogP contribution in [0.5, 0.6) is 5.75 Å². The number of nitrogens with zero attached hydrogens (tertiary/aromatic N) is 1. The first-order valence-corrected chi connectivity index (χ1v) is 9.07. The highest BCUT2D eigenvalue weighted by Crippen LogP contribution is 2.30. The zero-order chi connectivity index (χ0) is 21.7. The van der Waals surface area contributed by atoms with Gasteiger partial charge in [0.1, 0.15) is 5.75 Å². The molecule has 0 radical (unpaired) electrons. The molecule has 0 saturated heterocycles. The summed E-state index contributed by atoms with van der Waals surface area (Å²) in [5.74, 6) is -1.20. The van der Waals surface area contributed by atoms with E-state index in [4.69, 9.17) is 9.47 Å². The van der Waals surface area contributed by atoms with Crippen molar-refractivity contribution < 1.29 is 28.8 Å². The summed E-state index contributed by atoms with van der Waals surface area (Å²) in [7, 11) is 1.31. The molecule has 2 N–H and O–H groups in total. The van der Waals surface area contributed by atoms with Crippen LogP contribution in [0, 0.1) is 16.0 Å². The molecule has 10 heteroatoms. The monoisotopic (exact) mass is 413 g/mol. The van der Waals surface area contributed by atoms with Gasteiger partial charge in [-0.15, -0.1) is 0 Å². The van der Waals surface area contributed by atoms with E-state index in [0.717, 1.165) is 12.8 Å². The van der Waals surface area contributed by atoms with Crippen LogP contribution in [0.3, 0.4) is 0 Å². The maximum Gasteiger partial charge on any atom is 0.338 e. The Hall–Kier alpha value is -3.95. The van der Waals surface area contributed by atoms with Crippen molar-refractivity contribution in [3.63, 3.8) is 0 Å².